The average Bonchev–Trinajstić information content (AvgIpc) is 2.23. The Labute approximate surface area is 101 Å². The number of aromatic nitrogens is 1. The fourth-order valence-corrected chi connectivity index (χ4v) is 1.51. The molecular formula is C11H18N4O2. The number of nitro groups is 1. The minimum Gasteiger partial charge on any atom is -0.364 e. The molecule has 1 N–H and O–H groups in total. The van der Waals surface area contributed by atoms with Crippen molar-refractivity contribution >= 4 is 11.5 Å². The second-order valence-electron chi connectivity index (χ2n) is 4.17. The van der Waals surface area contributed by atoms with Crippen LogP contribution in [-0.4, -0.2) is 42.0 Å². The molecule has 1 rings (SSSR count). The standard InChI is InChI=1S/C11H18N4O2/c1-9-5-7-13-11(10(9)15(16)17)12-6-4-8-14(2)3/h5,7H,4,6,8H2,1-3H3,(H,12,13). The van der Waals surface area contributed by atoms with Gasteiger partial charge in [0, 0.05) is 18.3 Å². The van der Waals surface area contributed by atoms with Crippen LogP contribution >= 0.6 is 0 Å². The zero-order valence-electron chi connectivity index (χ0n) is 10.4. The molecule has 1 aromatic heterocycles. The average molecular weight is 238 g/mol. The molecule has 94 valence electrons. The molecule has 0 saturated carbocycles. The molecule has 0 radical (unpaired) electrons. The third-order valence-electron chi connectivity index (χ3n) is 2.38. The van der Waals surface area contributed by atoms with Crippen molar-refractivity contribution in [3.63, 3.8) is 0 Å². The van der Waals surface area contributed by atoms with Crippen LogP contribution in [0.5, 0.6) is 0 Å². The molecule has 0 fully saturated rings. The molecule has 0 saturated heterocycles. The number of hydrogen-bond acceptors (Lipinski definition) is 5. The SMILES string of the molecule is Cc1ccnc(NCCCN(C)C)c1[N+](=O)[O-]. The number of rotatable bonds is 6. The number of pyridine rings is 1. The van der Waals surface area contributed by atoms with E-state index in [-0.39, 0.29) is 5.69 Å². The summed E-state index contributed by atoms with van der Waals surface area (Å²) in [6.07, 6.45) is 2.50. The Morgan fingerprint density at radius 1 is 1.53 bits per heavy atom. The van der Waals surface area contributed by atoms with Gasteiger partial charge in [0.05, 0.1) is 4.92 Å². The van der Waals surface area contributed by atoms with Gasteiger partial charge in [-0.05, 0) is 40.1 Å². The van der Waals surface area contributed by atoms with Gasteiger partial charge in [-0.3, -0.25) is 10.1 Å². The molecule has 0 aliphatic heterocycles. The first-order valence-corrected chi connectivity index (χ1v) is 5.51. The second kappa shape index (κ2) is 6.15. The molecule has 0 amide bonds. The lowest BCUT2D eigenvalue weighted by Crippen LogP contribution is -2.17. The van der Waals surface area contributed by atoms with Crippen LogP contribution in [0.25, 0.3) is 0 Å². The maximum Gasteiger partial charge on any atom is 0.314 e. The monoisotopic (exact) mass is 238 g/mol. The summed E-state index contributed by atoms with van der Waals surface area (Å²) >= 11 is 0. The van der Waals surface area contributed by atoms with Gasteiger partial charge in [-0.2, -0.15) is 0 Å². The first kappa shape index (κ1) is 13.4. The molecule has 0 aromatic carbocycles. The van der Waals surface area contributed by atoms with Gasteiger partial charge in [-0.15, -0.1) is 0 Å². The van der Waals surface area contributed by atoms with E-state index in [1.165, 1.54) is 0 Å². The summed E-state index contributed by atoms with van der Waals surface area (Å²) in [5.74, 6) is 0.355. The van der Waals surface area contributed by atoms with Crippen LogP contribution in [0.4, 0.5) is 11.5 Å². The van der Waals surface area contributed by atoms with Gasteiger partial charge in [0.1, 0.15) is 0 Å². The molecule has 17 heavy (non-hydrogen) atoms. The summed E-state index contributed by atoms with van der Waals surface area (Å²) < 4.78 is 0. The maximum absolute atomic E-state index is 10.9. The zero-order chi connectivity index (χ0) is 12.8. The molecule has 0 bridgehead atoms. The molecule has 0 atom stereocenters. The highest BCUT2D eigenvalue weighted by atomic mass is 16.6. The van der Waals surface area contributed by atoms with E-state index < -0.39 is 4.92 Å². The van der Waals surface area contributed by atoms with Crippen LogP contribution in [0.15, 0.2) is 12.3 Å². The third-order valence-corrected chi connectivity index (χ3v) is 2.38. The number of nitrogens with one attached hydrogen (secondary N) is 1. The summed E-state index contributed by atoms with van der Waals surface area (Å²) in [5.41, 5.74) is 0.692. The van der Waals surface area contributed by atoms with E-state index in [0.717, 1.165) is 13.0 Å². The highest BCUT2D eigenvalue weighted by Crippen LogP contribution is 2.25. The van der Waals surface area contributed by atoms with E-state index in [0.29, 0.717) is 17.9 Å². The minimum atomic E-state index is -0.392. The van der Waals surface area contributed by atoms with Crippen molar-refractivity contribution < 1.29 is 4.92 Å². The van der Waals surface area contributed by atoms with E-state index in [9.17, 15) is 10.1 Å². The van der Waals surface area contributed by atoms with E-state index in [1.54, 1.807) is 19.2 Å². The molecule has 0 aliphatic carbocycles. The maximum atomic E-state index is 10.9. The third kappa shape index (κ3) is 3.99. The van der Waals surface area contributed by atoms with Crippen molar-refractivity contribution in [3.8, 4) is 0 Å². The summed E-state index contributed by atoms with van der Waals surface area (Å²) in [6, 6.07) is 1.64. The Bertz CT molecular complexity index is 393. The van der Waals surface area contributed by atoms with Gasteiger partial charge in [-0.1, -0.05) is 0 Å². The predicted octanol–water partition coefficient (Wildman–Crippen LogP) is 1.66. The van der Waals surface area contributed by atoms with Crippen LogP contribution in [0.3, 0.4) is 0 Å². The van der Waals surface area contributed by atoms with Gasteiger partial charge in [0.15, 0.2) is 0 Å². The van der Waals surface area contributed by atoms with E-state index in [2.05, 4.69) is 15.2 Å². The molecule has 0 unspecified atom stereocenters. The molecule has 0 aliphatic rings. The molecule has 6 nitrogen and oxygen atoms in total. The zero-order valence-corrected chi connectivity index (χ0v) is 10.4. The highest BCUT2D eigenvalue weighted by Gasteiger charge is 2.17. The lowest BCUT2D eigenvalue weighted by molar-refractivity contribution is -0.384. The smallest absolute Gasteiger partial charge is 0.314 e. The van der Waals surface area contributed by atoms with Gasteiger partial charge in [0.25, 0.3) is 0 Å². The highest BCUT2D eigenvalue weighted by molar-refractivity contribution is 5.59. The van der Waals surface area contributed by atoms with Crippen molar-refractivity contribution in [1.82, 2.24) is 9.88 Å². The van der Waals surface area contributed by atoms with E-state index >= 15 is 0 Å². The van der Waals surface area contributed by atoms with Crippen molar-refractivity contribution in [2.24, 2.45) is 0 Å². The molecule has 6 heteroatoms. The van der Waals surface area contributed by atoms with Gasteiger partial charge in [0.2, 0.25) is 5.82 Å². The lowest BCUT2D eigenvalue weighted by atomic mass is 10.2. The lowest BCUT2D eigenvalue weighted by Gasteiger charge is -2.10. The van der Waals surface area contributed by atoms with Crippen molar-refractivity contribution in [2.45, 2.75) is 13.3 Å². The quantitative estimate of drug-likeness (QED) is 0.463. The Morgan fingerprint density at radius 3 is 2.82 bits per heavy atom. The Hall–Kier alpha value is -1.69. The van der Waals surface area contributed by atoms with Crippen molar-refractivity contribution in [1.29, 1.82) is 0 Å². The number of anilines is 1. The molecule has 0 spiro atoms. The topological polar surface area (TPSA) is 71.3 Å². The Morgan fingerprint density at radius 2 is 2.24 bits per heavy atom. The number of aryl methyl sites for hydroxylation is 1. The predicted molar refractivity (Wildman–Crippen MR) is 67.3 cm³/mol. The fourth-order valence-electron chi connectivity index (χ4n) is 1.51. The van der Waals surface area contributed by atoms with Gasteiger partial charge in [-0.25, -0.2) is 4.98 Å². The number of nitrogens with zero attached hydrogens (tertiary/aromatic N) is 3. The molecular weight excluding hydrogens is 220 g/mol. The normalized spacial score (nSPS) is 10.6. The Balaban J connectivity index is 2.64. The van der Waals surface area contributed by atoms with Crippen LogP contribution in [0.2, 0.25) is 0 Å². The summed E-state index contributed by atoms with van der Waals surface area (Å²) in [6.45, 7) is 3.33. The van der Waals surface area contributed by atoms with Gasteiger partial charge < -0.3 is 10.2 Å². The van der Waals surface area contributed by atoms with Crippen molar-refractivity contribution in [2.75, 3.05) is 32.5 Å². The first-order valence-electron chi connectivity index (χ1n) is 5.51. The number of hydrogen-bond donors (Lipinski definition) is 1. The minimum absolute atomic E-state index is 0.0670. The van der Waals surface area contributed by atoms with Crippen LogP contribution in [0, 0.1) is 17.0 Å². The van der Waals surface area contributed by atoms with Crippen LogP contribution < -0.4 is 5.32 Å². The summed E-state index contributed by atoms with van der Waals surface area (Å²) in [7, 11) is 3.99. The van der Waals surface area contributed by atoms with E-state index in [1.807, 2.05) is 14.1 Å². The van der Waals surface area contributed by atoms with E-state index in [4.69, 9.17) is 0 Å². The van der Waals surface area contributed by atoms with Gasteiger partial charge >= 0.3 is 5.69 Å². The fraction of sp³-hybridized carbons (Fsp3) is 0.545. The van der Waals surface area contributed by atoms with Crippen molar-refractivity contribution in [3.05, 3.63) is 27.9 Å². The summed E-state index contributed by atoms with van der Waals surface area (Å²) in [4.78, 5) is 16.6. The Kier molecular flexibility index (Phi) is 4.84. The first-order chi connectivity index (χ1) is 8.02. The summed E-state index contributed by atoms with van der Waals surface area (Å²) in [5, 5.41) is 13.9. The second-order valence-corrected chi connectivity index (χ2v) is 4.17. The van der Waals surface area contributed by atoms with Crippen LogP contribution in [0.1, 0.15) is 12.0 Å². The largest absolute Gasteiger partial charge is 0.364 e. The molecule has 1 aromatic rings. The molecule has 1 heterocycles. The van der Waals surface area contributed by atoms with Crippen LogP contribution in [-0.2, 0) is 0 Å².